The fraction of sp³-hybridized carbons (Fsp3) is 0.632. The van der Waals surface area contributed by atoms with Crippen LogP contribution in [0, 0.1) is 0 Å². The zero-order valence-electron chi connectivity index (χ0n) is 14.2. The van der Waals surface area contributed by atoms with Crippen molar-refractivity contribution in [2.45, 2.75) is 50.4 Å². The molecule has 5 heteroatoms. The van der Waals surface area contributed by atoms with E-state index in [1.807, 2.05) is 35.2 Å². The molecule has 2 aliphatic rings. The molecule has 2 saturated heterocycles. The number of rotatable bonds is 5. The number of carbonyl (C=O) groups is 1. The monoisotopic (exact) mass is 332 g/mol. The number of likely N-dealkylation sites (tertiary alicyclic amines) is 1. The van der Waals surface area contributed by atoms with Gasteiger partial charge < -0.3 is 20.1 Å². The van der Waals surface area contributed by atoms with Gasteiger partial charge in [-0.15, -0.1) is 0 Å². The second-order valence-corrected chi connectivity index (χ2v) is 6.73. The van der Waals surface area contributed by atoms with Crippen molar-refractivity contribution in [2.75, 3.05) is 26.3 Å². The van der Waals surface area contributed by atoms with E-state index < -0.39 is 6.04 Å². The molecule has 1 amide bonds. The summed E-state index contributed by atoms with van der Waals surface area (Å²) in [4.78, 5) is 14.4. The van der Waals surface area contributed by atoms with Crippen molar-refractivity contribution in [3.8, 4) is 0 Å². The van der Waals surface area contributed by atoms with Gasteiger partial charge in [0.1, 0.15) is 6.04 Å². The smallest absolute Gasteiger partial charge is 0.244 e. The number of amides is 1. The van der Waals surface area contributed by atoms with Crippen LogP contribution in [0.25, 0.3) is 0 Å². The Morgan fingerprint density at radius 1 is 1.21 bits per heavy atom. The second-order valence-electron chi connectivity index (χ2n) is 6.73. The standard InChI is InChI=1S/C19H28N2O3/c20-18(15-6-2-1-3-7-15)19(22)21-11-9-16(10-12-21)24-14-17-8-4-5-13-23-17/h1-3,6-7,16-18H,4-5,8-14,20H2/t17-,18+/m0/s1. The third-order valence-corrected chi connectivity index (χ3v) is 4.97. The Bertz CT molecular complexity index is 509. The van der Waals surface area contributed by atoms with E-state index in [9.17, 15) is 4.79 Å². The Balaban J connectivity index is 1.42. The third kappa shape index (κ3) is 4.56. The molecular weight excluding hydrogens is 304 g/mol. The number of ether oxygens (including phenoxy) is 2. The lowest BCUT2D eigenvalue weighted by Gasteiger charge is -2.34. The van der Waals surface area contributed by atoms with E-state index in [1.54, 1.807) is 0 Å². The topological polar surface area (TPSA) is 64.8 Å². The number of nitrogens with two attached hydrogens (primary N) is 1. The highest BCUT2D eigenvalue weighted by molar-refractivity contribution is 5.83. The maximum Gasteiger partial charge on any atom is 0.244 e. The Morgan fingerprint density at radius 2 is 1.96 bits per heavy atom. The Morgan fingerprint density at radius 3 is 2.62 bits per heavy atom. The third-order valence-electron chi connectivity index (χ3n) is 4.97. The molecule has 0 bridgehead atoms. The summed E-state index contributed by atoms with van der Waals surface area (Å²) in [6, 6.07) is 9.00. The molecule has 0 spiro atoms. The van der Waals surface area contributed by atoms with Crippen LogP contribution in [-0.2, 0) is 14.3 Å². The summed E-state index contributed by atoms with van der Waals surface area (Å²) in [5.74, 6) is 0.00950. The zero-order chi connectivity index (χ0) is 16.8. The molecule has 0 aromatic heterocycles. The number of benzene rings is 1. The van der Waals surface area contributed by atoms with E-state index in [4.69, 9.17) is 15.2 Å². The Kier molecular flexibility index (Phi) is 6.24. The average molecular weight is 332 g/mol. The van der Waals surface area contributed by atoms with Crippen molar-refractivity contribution < 1.29 is 14.3 Å². The van der Waals surface area contributed by atoms with Gasteiger partial charge in [0.2, 0.25) is 5.91 Å². The van der Waals surface area contributed by atoms with E-state index >= 15 is 0 Å². The van der Waals surface area contributed by atoms with Crippen molar-refractivity contribution in [1.29, 1.82) is 0 Å². The highest BCUT2D eigenvalue weighted by atomic mass is 16.5. The molecule has 2 heterocycles. The average Bonchev–Trinajstić information content (AvgIpc) is 2.67. The quantitative estimate of drug-likeness (QED) is 0.898. The van der Waals surface area contributed by atoms with Crippen LogP contribution >= 0.6 is 0 Å². The van der Waals surface area contributed by atoms with Crippen LogP contribution in [0.5, 0.6) is 0 Å². The largest absolute Gasteiger partial charge is 0.376 e. The normalized spacial score (nSPS) is 23.9. The lowest BCUT2D eigenvalue weighted by atomic mass is 10.0. The number of hydrogen-bond donors (Lipinski definition) is 1. The minimum absolute atomic E-state index is 0.00950. The molecule has 24 heavy (non-hydrogen) atoms. The summed E-state index contributed by atoms with van der Waals surface area (Å²) >= 11 is 0. The minimum atomic E-state index is -0.570. The molecule has 2 atom stereocenters. The number of nitrogens with zero attached hydrogens (tertiary/aromatic N) is 1. The molecule has 2 N–H and O–H groups in total. The van der Waals surface area contributed by atoms with Crippen LogP contribution in [-0.4, -0.2) is 49.3 Å². The lowest BCUT2D eigenvalue weighted by Crippen LogP contribution is -2.45. The number of piperidine rings is 1. The fourth-order valence-corrected chi connectivity index (χ4v) is 3.42. The number of carbonyl (C=O) groups excluding carboxylic acids is 1. The van der Waals surface area contributed by atoms with Gasteiger partial charge in [-0.2, -0.15) is 0 Å². The highest BCUT2D eigenvalue weighted by Crippen LogP contribution is 2.20. The van der Waals surface area contributed by atoms with Crippen LogP contribution in [0.2, 0.25) is 0 Å². The molecule has 2 aliphatic heterocycles. The van der Waals surface area contributed by atoms with Crippen LogP contribution < -0.4 is 5.73 Å². The van der Waals surface area contributed by atoms with E-state index in [0.29, 0.717) is 6.61 Å². The second kappa shape index (κ2) is 8.60. The van der Waals surface area contributed by atoms with Gasteiger partial charge in [0, 0.05) is 19.7 Å². The van der Waals surface area contributed by atoms with E-state index in [2.05, 4.69) is 0 Å². The van der Waals surface area contributed by atoms with Gasteiger partial charge in [-0.25, -0.2) is 0 Å². The van der Waals surface area contributed by atoms with Gasteiger partial charge in [-0.05, 0) is 37.7 Å². The first-order chi connectivity index (χ1) is 11.7. The molecule has 0 aliphatic carbocycles. The summed E-state index contributed by atoms with van der Waals surface area (Å²) in [6.07, 6.45) is 5.73. The summed E-state index contributed by atoms with van der Waals surface area (Å²) < 4.78 is 11.7. The minimum Gasteiger partial charge on any atom is -0.376 e. The molecular formula is C19H28N2O3. The molecule has 0 saturated carbocycles. The van der Waals surface area contributed by atoms with Crippen LogP contribution in [0.1, 0.15) is 43.7 Å². The molecule has 5 nitrogen and oxygen atoms in total. The van der Waals surface area contributed by atoms with Crippen molar-refractivity contribution in [2.24, 2.45) is 5.73 Å². The predicted octanol–water partition coefficient (Wildman–Crippen LogP) is 2.26. The van der Waals surface area contributed by atoms with Crippen LogP contribution in [0.3, 0.4) is 0 Å². The Labute approximate surface area is 144 Å². The maximum absolute atomic E-state index is 12.6. The lowest BCUT2D eigenvalue weighted by molar-refractivity contribution is -0.136. The van der Waals surface area contributed by atoms with Crippen molar-refractivity contribution in [3.63, 3.8) is 0 Å². The zero-order valence-corrected chi connectivity index (χ0v) is 14.2. The molecule has 0 unspecified atom stereocenters. The maximum atomic E-state index is 12.6. The summed E-state index contributed by atoms with van der Waals surface area (Å²) in [5.41, 5.74) is 6.99. The highest BCUT2D eigenvalue weighted by Gasteiger charge is 2.28. The van der Waals surface area contributed by atoms with Gasteiger partial charge in [-0.1, -0.05) is 30.3 Å². The van der Waals surface area contributed by atoms with Gasteiger partial charge in [0.05, 0.1) is 18.8 Å². The van der Waals surface area contributed by atoms with Gasteiger partial charge in [0.15, 0.2) is 0 Å². The SMILES string of the molecule is N[C@@H](C(=O)N1CCC(OC[C@@H]2CCCCO2)CC1)c1ccccc1. The van der Waals surface area contributed by atoms with Gasteiger partial charge >= 0.3 is 0 Å². The van der Waals surface area contributed by atoms with E-state index in [1.165, 1.54) is 12.8 Å². The Hall–Kier alpha value is -1.43. The van der Waals surface area contributed by atoms with Gasteiger partial charge in [0.25, 0.3) is 0 Å². The molecule has 0 radical (unpaired) electrons. The van der Waals surface area contributed by atoms with Crippen molar-refractivity contribution >= 4 is 5.91 Å². The van der Waals surface area contributed by atoms with Crippen molar-refractivity contribution in [3.05, 3.63) is 35.9 Å². The number of hydrogen-bond acceptors (Lipinski definition) is 4. The van der Waals surface area contributed by atoms with Crippen molar-refractivity contribution in [1.82, 2.24) is 4.90 Å². The fourth-order valence-electron chi connectivity index (χ4n) is 3.42. The summed E-state index contributed by atoms with van der Waals surface area (Å²) in [7, 11) is 0. The first-order valence-electron chi connectivity index (χ1n) is 9.06. The summed E-state index contributed by atoms with van der Waals surface area (Å²) in [6.45, 7) is 2.98. The van der Waals surface area contributed by atoms with Crippen LogP contribution in [0.15, 0.2) is 30.3 Å². The summed E-state index contributed by atoms with van der Waals surface area (Å²) in [5, 5.41) is 0. The predicted molar refractivity (Wildman–Crippen MR) is 92.5 cm³/mol. The molecule has 1 aromatic rings. The first-order valence-corrected chi connectivity index (χ1v) is 9.06. The molecule has 132 valence electrons. The molecule has 2 fully saturated rings. The van der Waals surface area contributed by atoms with E-state index in [0.717, 1.165) is 44.5 Å². The molecule has 1 aromatic carbocycles. The van der Waals surface area contributed by atoms with Crippen LogP contribution in [0.4, 0.5) is 0 Å². The first kappa shape index (κ1) is 17.4. The van der Waals surface area contributed by atoms with E-state index in [-0.39, 0.29) is 18.1 Å². The van der Waals surface area contributed by atoms with Gasteiger partial charge in [-0.3, -0.25) is 4.79 Å². The molecule has 3 rings (SSSR count).